The van der Waals surface area contributed by atoms with Gasteiger partial charge in [-0.1, -0.05) is 43.3 Å². The molecule has 19 heteroatoms. The molecule has 4 aromatic rings. The predicted molar refractivity (Wildman–Crippen MR) is 221 cm³/mol. The molecule has 4 aromatic heterocycles. The van der Waals surface area contributed by atoms with Crippen LogP contribution in [0, 0.1) is 29.6 Å². The van der Waals surface area contributed by atoms with E-state index >= 15 is 0 Å². The topological polar surface area (TPSA) is 231 Å². The smallest absolute Gasteiger partial charge is 0.307 e. The summed E-state index contributed by atoms with van der Waals surface area (Å²) >= 11 is 0. The number of carboxylic acid groups (broad SMARTS) is 2. The molecule has 0 spiro atoms. The molecule has 3 aliphatic rings. The van der Waals surface area contributed by atoms with E-state index in [1.54, 1.807) is 0 Å². The maximum Gasteiger partial charge on any atom is 0.307 e. The standard InChI is InChI=1S/C41H60N14O5/c1-26(2)15-34(40(56)57)32(38-44-48-49-45-38)17-28-5-7-36(42-19-28)54-21-30(22-54)9-14-60-25-27(3)16-35(41(58)59)33(39-46-50-51-47-39)18-29-6-8-37(43-20-29)55-23-31(24-55)53-12-10-52(4)11-13-53/h5-8,19-20,26-27,30-35H,9-18,21-25H2,1-4H3,(H,56,57)(H,58,59)(H,44,45,48,49)(H,46,47,50,51)/t27?,32-,33-,34-,35-/m0/s1. The number of pyridine rings is 2. The Morgan fingerprint density at radius 2 is 1.30 bits per heavy atom. The van der Waals surface area contributed by atoms with E-state index in [1.165, 1.54) is 0 Å². The fourth-order valence-corrected chi connectivity index (χ4v) is 8.86. The molecule has 7 heterocycles. The van der Waals surface area contributed by atoms with Crippen LogP contribution in [0.5, 0.6) is 0 Å². The van der Waals surface area contributed by atoms with E-state index in [0.717, 1.165) is 81.5 Å². The molecule has 0 aromatic carbocycles. The molecule has 3 saturated heterocycles. The van der Waals surface area contributed by atoms with Gasteiger partial charge in [0.2, 0.25) is 0 Å². The Kier molecular flexibility index (Phi) is 14.3. The number of aromatic amines is 2. The summed E-state index contributed by atoms with van der Waals surface area (Å²) in [5.74, 6) is -0.766. The highest BCUT2D eigenvalue weighted by Crippen LogP contribution is 2.34. The minimum atomic E-state index is -0.893. The average Bonchev–Trinajstić information content (AvgIpc) is 3.94. The molecule has 324 valence electrons. The van der Waals surface area contributed by atoms with Crippen molar-refractivity contribution in [1.29, 1.82) is 0 Å². The normalized spacial score (nSPS) is 19.4. The lowest BCUT2D eigenvalue weighted by atomic mass is 9.81. The first-order chi connectivity index (χ1) is 29.0. The lowest BCUT2D eigenvalue weighted by Crippen LogP contribution is -2.63. The van der Waals surface area contributed by atoms with Crippen LogP contribution < -0.4 is 9.80 Å². The van der Waals surface area contributed by atoms with E-state index in [1.807, 2.05) is 57.4 Å². The maximum absolute atomic E-state index is 12.7. The van der Waals surface area contributed by atoms with E-state index < -0.39 is 35.6 Å². The number of ether oxygens (including phenoxy) is 1. The number of carboxylic acids is 2. The van der Waals surface area contributed by atoms with Gasteiger partial charge < -0.3 is 29.6 Å². The summed E-state index contributed by atoms with van der Waals surface area (Å²) in [7, 11) is 2.18. The molecule has 60 heavy (non-hydrogen) atoms. The van der Waals surface area contributed by atoms with E-state index in [4.69, 9.17) is 14.7 Å². The predicted octanol–water partition coefficient (Wildman–Crippen LogP) is 2.61. The van der Waals surface area contributed by atoms with E-state index in [-0.39, 0.29) is 11.8 Å². The number of nitrogens with zero attached hydrogens (tertiary/aromatic N) is 12. The molecular formula is C41H60N14O5. The summed E-state index contributed by atoms with van der Waals surface area (Å²) in [5.41, 5.74) is 1.85. The first-order valence-electron chi connectivity index (χ1n) is 21.3. The zero-order valence-electron chi connectivity index (χ0n) is 35.2. The van der Waals surface area contributed by atoms with E-state index in [9.17, 15) is 19.8 Å². The zero-order chi connectivity index (χ0) is 42.2. The van der Waals surface area contributed by atoms with Crippen LogP contribution in [-0.2, 0) is 27.2 Å². The van der Waals surface area contributed by atoms with E-state index in [2.05, 4.69) is 67.9 Å². The minimum Gasteiger partial charge on any atom is -0.481 e. The number of H-pyrrole nitrogens is 2. The Labute approximate surface area is 350 Å². The summed E-state index contributed by atoms with van der Waals surface area (Å²) in [6.45, 7) is 15.2. The Balaban J connectivity index is 0.844. The van der Waals surface area contributed by atoms with Crippen molar-refractivity contribution in [3.05, 3.63) is 59.4 Å². The average molecular weight is 829 g/mol. The SMILES string of the molecule is CC(C)C[C@H](C(=O)O)[C@H](Cc1ccc(N2CC(CCOCC(C)C[C@H](C(=O)O)[C@H](Cc3ccc(N4CC(N5CCN(C)CC5)C4)nc3)c3nn[nH]n3)C2)nc1)c1nn[nH]n1. The third-order valence-corrected chi connectivity index (χ3v) is 12.5. The van der Waals surface area contributed by atoms with E-state index in [0.29, 0.717) is 62.5 Å². The monoisotopic (exact) mass is 828 g/mol. The summed E-state index contributed by atoms with van der Waals surface area (Å²) in [6.07, 6.45) is 6.35. The lowest BCUT2D eigenvalue weighted by Gasteiger charge is -2.48. The number of anilines is 2. The number of carbonyl (C=O) groups is 2. The highest BCUT2D eigenvalue weighted by molar-refractivity contribution is 5.71. The quantitative estimate of drug-likeness (QED) is 0.0834. The minimum absolute atomic E-state index is 0.00269. The molecule has 3 fully saturated rings. The fraction of sp³-hybridized carbons (Fsp3) is 0.659. The van der Waals surface area contributed by atoms with Gasteiger partial charge in [-0.25, -0.2) is 9.97 Å². The number of aromatic nitrogens is 10. The number of aliphatic carboxylic acids is 2. The van der Waals surface area contributed by atoms with Gasteiger partial charge in [-0.2, -0.15) is 10.4 Å². The van der Waals surface area contributed by atoms with Crippen LogP contribution in [0.2, 0.25) is 0 Å². The second kappa shape index (κ2) is 19.9. The third-order valence-electron chi connectivity index (χ3n) is 12.5. The number of hydrogen-bond acceptors (Lipinski definition) is 15. The third kappa shape index (κ3) is 11.0. The van der Waals surface area contributed by atoms with Crippen LogP contribution in [0.15, 0.2) is 36.7 Å². The highest BCUT2D eigenvalue weighted by Gasteiger charge is 2.37. The number of piperazine rings is 1. The molecule has 4 N–H and O–H groups in total. The second-order valence-corrected chi connectivity index (χ2v) is 17.6. The molecule has 19 nitrogen and oxygen atoms in total. The lowest BCUT2D eigenvalue weighted by molar-refractivity contribution is -0.144. The Morgan fingerprint density at radius 1 is 0.767 bits per heavy atom. The van der Waals surface area contributed by atoms with Gasteiger partial charge in [0.25, 0.3) is 0 Å². The number of hydrogen-bond donors (Lipinski definition) is 4. The molecule has 0 radical (unpaired) electrons. The summed E-state index contributed by atoms with van der Waals surface area (Å²) in [5, 5.41) is 49.6. The Hall–Kier alpha value is -5.14. The van der Waals surface area contributed by atoms with Crippen LogP contribution in [0.25, 0.3) is 0 Å². The van der Waals surface area contributed by atoms with Crippen molar-refractivity contribution in [3.63, 3.8) is 0 Å². The number of nitrogens with one attached hydrogen (secondary N) is 2. The van der Waals surface area contributed by atoms with Crippen LogP contribution >= 0.6 is 0 Å². The Bertz CT molecular complexity index is 1910. The Morgan fingerprint density at radius 3 is 1.77 bits per heavy atom. The van der Waals surface area contributed by atoms with Crippen molar-refractivity contribution in [3.8, 4) is 0 Å². The first kappa shape index (κ1) is 43.0. The molecule has 0 aliphatic carbocycles. The van der Waals surface area contributed by atoms with Gasteiger partial charge in [0.15, 0.2) is 11.6 Å². The van der Waals surface area contributed by atoms with Gasteiger partial charge in [0.1, 0.15) is 11.6 Å². The van der Waals surface area contributed by atoms with Gasteiger partial charge in [0, 0.05) is 95.8 Å². The molecule has 1 unspecified atom stereocenters. The van der Waals surface area contributed by atoms with Crippen LogP contribution in [0.1, 0.15) is 74.6 Å². The summed E-state index contributed by atoms with van der Waals surface area (Å²) in [4.78, 5) is 43.9. The molecule has 0 amide bonds. The number of rotatable bonds is 22. The molecule has 7 rings (SSSR count). The first-order valence-corrected chi connectivity index (χ1v) is 21.3. The number of tetrazole rings is 2. The van der Waals surface area contributed by atoms with Gasteiger partial charge in [-0.15, -0.1) is 20.4 Å². The molecule has 5 atom stereocenters. The largest absolute Gasteiger partial charge is 0.481 e. The fourth-order valence-electron chi connectivity index (χ4n) is 8.86. The van der Waals surface area contributed by atoms with Crippen molar-refractivity contribution in [2.45, 2.75) is 70.8 Å². The molecule has 0 saturated carbocycles. The van der Waals surface area contributed by atoms with Gasteiger partial charge in [-0.05, 0) is 80.2 Å². The zero-order valence-corrected chi connectivity index (χ0v) is 35.2. The van der Waals surface area contributed by atoms with Gasteiger partial charge >= 0.3 is 11.9 Å². The van der Waals surface area contributed by atoms with Crippen LogP contribution in [0.4, 0.5) is 11.6 Å². The highest BCUT2D eigenvalue weighted by atomic mass is 16.5. The van der Waals surface area contributed by atoms with Crippen LogP contribution in [0.3, 0.4) is 0 Å². The van der Waals surface area contributed by atoms with Crippen LogP contribution in [-0.4, -0.2) is 162 Å². The van der Waals surface area contributed by atoms with Crippen molar-refractivity contribution in [1.82, 2.24) is 61.0 Å². The summed E-state index contributed by atoms with van der Waals surface area (Å²) < 4.78 is 6.10. The van der Waals surface area contributed by atoms with Gasteiger partial charge in [0.05, 0.1) is 11.8 Å². The van der Waals surface area contributed by atoms with Crippen molar-refractivity contribution in [2.24, 2.45) is 29.6 Å². The second-order valence-electron chi connectivity index (χ2n) is 17.6. The van der Waals surface area contributed by atoms with Gasteiger partial charge in [-0.3, -0.25) is 14.5 Å². The molecule has 3 aliphatic heterocycles. The van der Waals surface area contributed by atoms with Crippen molar-refractivity contribution in [2.75, 3.05) is 82.4 Å². The number of likely N-dealkylation sites (N-methyl/N-ethyl adjacent to an activating group) is 1. The maximum atomic E-state index is 12.7. The van der Waals surface area contributed by atoms with Crippen molar-refractivity contribution >= 4 is 23.6 Å². The molecular weight excluding hydrogens is 769 g/mol. The molecule has 0 bridgehead atoms. The van der Waals surface area contributed by atoms with Crippen molar-refractivity contribution < 1.29 is 24.5 Å². The summed E-state index contributed by atoms with van der Waals surface area (Å²) in [6, 6.07) is 8.63.